The summed E-state index contributed by atoms with van der Waals surface area (Å²) in [6.07, 6.45) is 6.34. The molecule has 1 amide bonds. The Morgan fingerprint density at radius 3 is 2.81 bits per heavy atom. The minimum atomic E-state index is -0.102. The van der Waals surface area contributed by atoms with E-state index in [1.54, 1.807) is 23.8 Å². The van der Waals surface area contributed by atoms with E-state index < -0.39 is 0 Å². The van der Waals surface area contributed by atoms with Crippen molar-refractivity contribution in [2.75, 3.05) is 0 Å². The largest absolute Gasteiger partial charge is 0.467 e. The van der Waals surface area contributed by atoms with Gasteiger partial charge in [-0.1, -0.05) is 50.6 Å². The first-order valence-corrected chi connectivity index (χ1v) is 11.8. The third-order valence-electron chi connectivity index (χ3n) is 5.93. The number of carbonyl (C=O) groups excluding carboxylic acids is 1. The average molecular weight is 455 g/mol. The Kier molecular flexibility index (Phi) is 6.35. The van der Waals surface area contributed by atoms with Crippen LogP contribution in [0.1, 0.15) is 59.3 Å². The Hall–Kier alpha value is -2.37. The molecule has 0 fully saturated rings. The first-order chi connectivity index (χ1) is 14.8. The molecule has 1 N–H and O–H groups in total. The molecule has 0 saturated carbocycles. The molecule has 1 aromatic carbocycles. The summed E-state index contributed by atoms with van der Waals surface area (Å²) in [5.41, 5.74) is 2.92. The number of hydrogen-bond acceptors (Lipinski definition) is 4. The minimum absolute atomic E-state index is 0.102. The maximum Gasteiger partial charge on any atom is 0.255 e. The Morgan fingerprint density at radius 1 is 1.29 bits per heavy atom. The number of fused-ring (bicyclic) bond motifs is 1. The number of nitrogens with zero attached hydrogens (tertiary/aromatic N) is 1. The second-order valence-electron chi connectivity index (χ2n) is 9.03. The average Bonchev–Trinajstić information content (AvgIpc) is 3.37. The van der Waals surface area contributed by atoms with Crippen LogP contribution in [0.3, 0.4) is 0 Å². The van der Waals surface area contributed by atoms with Crippen molar-refractivity contribution in [3.05, 3.63) is 75.0 Å². The number of hydrogen-bond donors (Lipinski definition) is 1. The van der Waals surface area contributed by atoms with Crippen LogP contribution in [-0.2, 0) is 19.4 Å². The maximum atomic E-state index is 13.2. The van der Waals surface area contributed by atoms with Gasteiger partial charge in [0.05, 0.1) is 18.4 Å². The third-order valence-corrected chi connectivity index (χ3v) is 7.43. The summed E-state index contributed by atoms with van der Waals surface area (Å²) in [5.74, 6) is 1.22. The Balaban J connectivity index is 1.66. The van der Waals surface area contributed by atoms with Crippen LogP contribution >= 0.6 is 22.9 Å². The lowest BCUT2D eigenvalue weighted by Gasteiger charge is -2.33. The van der Waals surface area contributed by atoms with Crippen molar-refractivity contribution in [2.24, 2.45) is 16.3 Å². The zero-order chi connectivity index (χ0) is 22.0. The molecular formula is C25H27ClN2O2S. The van der Waals surface area contributed by atoms with Crippen LogP contribution in [0.5, 0.6) is 0 Å². The van der Waals surface area contributed by atoms with Gasteiger partial charge in [0.1, 0.15) is 10.8 Å². The molecule has 162 valence electrons. The van der Waals surface area contributed by atoms with Gasteiger partial charge in [0.2, 0.25) is 0 Å². The molecule has 0 aliphatic heterocycles. The van der Waals surface area contributed by atoms with Gasteiger partial charge in [-0.15, -0.1) is 11.3 Å². The number of halogens is 1. The Morgan fingerprint density at radius 2 is 2.10 bits per heavy atom. The molecule has 6 heteroatoms. The molecule has 3 aromatic rings. The van der Waals surface area contributed by atoms with Gasteiger partial charge in [-0.05, 0) is 54.4 Å². The summed E-state index contributed by atoms with van der Waals surface area (Å²) in [4.78, 5) is 19.2. The molecule has 2 heterocycles. The highest BCUT2D eigenvalue weighted by atomic mass is 35.5. The topological polar surface area (TPSA) is 54.6 Å². The number of thiophene rings is 1. The molecule has 0 bridgehead atoms. The summed E-state index contributed by atoms with van der Waals surface area (Å²) >= 11 is 7.93. The number of amides is 1. The predicted molar refractivity (Wildman–Crippen MR) is 128 cm³/mol. The maximum absolute atomic E-state index is 13.2. The van der Waals surface area contributed by atoms with Gasteiger partial charge in [0.25, 0.3) is 5.91 Å². The van der Waals surface area contributed by atoms with E-state index in [9.17, 15) is 4.79 Å². The Labute approximate surface area is 192 Å². The molecule has 0 unspecified atom stereocenters. The van der Waals surface area contributed by atoms with Crippen LogP contribution in [0.15, 0.2) is 52.1 Å². The summed E-state index contributed by atoms with van der Waals surface area (Å²) in [6.45, 7) is 7.24. The lowest BCUT2D eigenvalue weighted by molar-refractivity contribution is 0.0947. The van der Waals surface area contributed by atoms with E-state index >= 15 is 0 Å². The molecule has 1 aliphatic carbocycles. The van der Waals surface area contributed by atoms with Gasteiger partial charge in [-0.3, -0.25) is 4.79 Å². The molecule has 2 aromatic heterocycles. The second-order valence-corrected chi connectivity index (χ2v) is 10.5. The SMILES string of the molecule is CC(C)(C)[C@H]1CCc2c(sc(N=Cc3ccccc3Cl)c2C(=O)NCc2ccco2)C1. The standard InChI is InChI=1S/C25H27ClN2O2S/c1-25(2,3)17-10-11-19-21(13-17)31-24(28-14-16-7-4-5-9-20(16)26)22(19)23(29)27-15-18-8-6-12-30-18/h4-9,12,14,17H,10-11,13,15H2,1-3H3,(H,27,29)/t17-/m0/s1. The van der Waals surface area contributed by atoms with Crippen molar-refractivity contribution in [1.82, 2.24) is 5.32 Å². The fourth-order valence-electron chi connectivity index (χ4n) is 4.01. The molecule has 1 aliphatic rings. The summed E-state index contributed by atoms with van der Waals surface area (Å²) < 4.78 is 5.36. The number of rotatable bonds is 5. The molecule has 0 spiro atoms. The second kappa shape index (κ2) is 9.01. The van der Waals surface area contributed by atoms with Gasteiger partial charge < -0.3 is 9.73 Å². The van der Waals surface area contributed by atoms with Crippen molar-refractivity contribution in [2.45, 2.75) is 46.6 Å². The van der Waals surface area contributed by atoms with E-state index in [0.717, 1.165) is 41.2 Å². The fraction of sp³-hybridized carbons (Fsp3) is 0.360. The van der Waals surface area contributed by atoms with Gasteiger partial charge in [-0.2, -0.15) is 0 Å². The zero-order valence-electron chi connectivity index (χ0n) is 18.1. The van der Waals surface area contributed by atoms with Crippen LogP contribution in [-0.4, -0.2) is 12.1 Å². The Bertz CT molecular complexity index is 1090. The molecular weight excluding hydrogens is 428 g/mol. The van der Waals surface area contributed by atoms with Gasteiger partial charge >= 0.3 is 0 Å². The van der Waals surface area contributed by atoms with Crippen LogP contribution < -0.4 is 5.32 Å². The van der Waals surface area contributed by atoms with Gasteiger partial charge in [0.15, 0.2) is 0 Å². The number of nitrogens with one attached hydrogen (secondary N) is 1. The molecule has 4 nitrogen and oxygen atoms in total. The summed E-state index contributed by atoms with van der Waals surface area (Å²) in [5, 5.41) is 4.39. The lowest BCUT2D eigenvalue weighted by Crippen LogP contribution is -2.28. The van der Waals surface area contributed by atoms with Gasteiger partial charge in [-0.25, -0.2) is 4.99 Å². The molecule has 1 atom stereocenters. The quantitative estimate of drug-likeness (QED) is 0.429. The van der Waals surface area contributed by atoms with Crippen LogP contribution in [0.4, 0.5) is 5.00 Å². The number of aliphatic imine (C=N–C) groups is 1. The summed E-state index contributed by atoms with van der Waals surface area (Å²) in [7, 11) is 0. The highest BCUT2D eigenvalue weighted by Crippen LogP contribution is 2.45. The van der Waals surface area contributed by atoms with Crippen LogP contribution in [0.25, 0.3) is 0 Å². The minimum Gasteiger partial charge on any atom is -0.467 e. The third kappa shape index (κ3) is 4.94. The monoisotopic (exact) mass is 454 g/mol. The van der Waals surface area contributed by atoms with E-state index in [2.05, 4.69) is 26.1 Å². The smallest absolute Gasteiger partial charge is 0.255 e. The normalized spacial score (nSPS) is 16.5. The molecule has 4 rings (SSSR count). The van der Waals surface area contributed by atoms with Crippen molar-refractivity contribution in [1.29, 1.82) is 0 Å². The predicted octanol–water partition coefficient (Wildman–Crippen LogP) is 6.83. The van der Waals surface area contributed by atoms with Crippen molar-refractivity contribution >= 4 is 40.1 Å². The molecule has 0 saturated heterocycles. The van der Waals surface area contributed by atoms with Gasteiger partial charge in [0, 0.05) is 21.7 Å². The van der Waals surface area contributed by atoms with Crippen LogP contribution in [0, 0.1) is 11.3 Å². The first-order valence-electron chi connectivity index (χ1n) is 10.6. The number of benzene rings is 1. The highest BCUT2D eigenvalue weighted by molar-refractivity contribution is 7.16. The number of furan rings is 1. The van der Waals surface area contributed by atoms with Crippen LogP contribution in [0.2, 0.25) is 5.02 Å². The number of carbonyl (C=O) groups is 1. The van der Waals surface area contributed by atoms with Crippen molar-refractivity contribution in [3.63, 3.8) is 0 Å². The van der Waals surface area contributed by atoms with E-state index in [1.807, 2.05) is 36.4 Å². The van der Waals surface area contributed by atoms with Crippen molar-refractivity contribution < 1.29 is 9.21 Å². The van der Waals surface area contributed by atoms with Crippen molar-refractivity contribution in [3.8, 4) is 0 Å². The molecule has 31 heavy (non-hydrogen) atoms. The van der Waals surface area contributed by atoms with E-state index in [0.29, 0.717) is 23.0 Å². The zero-order valence-corrected chi connectivity index (χ0v) is 19.6. The lowest BCUT2D eigenvalue weighted by atomic mass is 9.72. The van der Waals surface area contributed by atoms with E-state index in [1.165, 1.54) is 4.88 Å². The summed E-state index contributed by atoms with van der Waals surface area (Å²) in [6, 6.07) is 11.3. The van der Waals surface area contributed by atoms with E-state index in [-0.39, 0.29) is 11.3 Å². The first kappa shape index (κ1) is 21.8. The molecule has 0 radical (unpaired) electrons. The highest BCUT2D eigenvalue weighted by Gasteiger charge is 2.33. The van der Waals surface area contributed by atoms with E-state index in [4.69, 9.17) is 21.0 Å². The fourth-order valence-corrected chi connectivity index (χ4v) is 5.47.